The number of aromatic nitrogens is 4. The van der Waals surface area contributed by atoms with Gasteiger partial charge in [-0.2, -0.15) is 9.78 Å². The number of fused-ring (bicyclic) bond motifs is 2. The van der Waals surface area contributed by atoms with Crippen molar-refractivity contribution in [1.29, 1.82) is 5.26 Å². The number of ether oxygens (including phenoxy) is 1. The van der Waals surface area contributed by atoms with Crippen molar-refractivity contribution >= 4 is 29.4 Å². The van der Waals surface area contributed by atoms with Gasteiger partial charge >= 0.3 is 11.9 Å². The number of halogens is 1. The summed E-state index contributed by atoms with van der Waals surface area (Å²) in [5.74, 6) is -2.73. The highest BCUT2D eigenvalue weighted by atomic mass is 35.5. The number of esters is 1. The molecule has 1 aliphatic carbocycles. The SMILES string of the molecule is COC(=O)c1cc(C(=O)O)nc2c(O)nnn12.N#Cc1ccc2c(c1)CC[C@@H]2NCl. The van der Waals surface area contributed by atoms with Crippen LogP contribution in [-0.2, 0) is 11.2 Å². The maximum atomic E-state index is 11.4. The van der Waals surface area contributed by atoms with Gasteiger partial charge in [-0.15, -0.1) is 0 Å². The Morgan fingerprint density at radius 2 is 2.17 bits per heavy atom. The highest BCUT2D eigenvalue weighted by molar-refractivity contribution is 6.13. The van der Waals surface area contributed by atoms with Crippen molar-refractivity contribution in [2.24, 2.45) is 0 Å². The van der Waals surface area contributed by atoms with Gasteiger partial charge in [0, 0.05) is 12.1 Å². The van der Waals surface area contributed by atoms with Crippen molar-refractivity contribution in [2.45, 2.75) is 18.9 Å². The number of nitrogens with zero attached hydrogens (tertiary/aromatic N) is 5. The fraction of sp³-hybridized carbons (Fsp3) is 0.222. The van der Waals surface area contributed by atoms with E-state index in [1.807, 2.05) is 18.2 Å². The summed E-state index contributed by atoms with van der Waals surface area (Å²) in [4.78, 5) is 28.5. The largest absolute Gasteiger partial charge is 0.489 e. The number of carboxylic acid groups (broad SMARTS) is 1. The number of aryl methyl sites for hydroxylation is 1. The minimum atomic E-state index is -1.35. The van der Waals surface area contributed by atoms with E-state index in [0.29, 0.717) is 0 Å². The van der Waals surface area contributed by atoms with Gasteiger partial charge in [0.2, 0.25) is 5.65 Å². The summed E-state index contributed by atoms with van der Waals surface area (Å²) < 4.78 is 5.35. The first kappa shape index (κ1) is 21.0. The lowest BCUT2D eigenvalue weighted by Gasteiger charge is -2.07. The van der Waals surface area contributed by atoms with E-state index in [9.17, 15) is 14.7 Å². The van der Waals surface area contributed by atoms with Crippen LogP contribution in [0.5, 0.6) is 5.88 Å². The van der Waals surface area contributed by atoms with Gasteiger partial charge in [-0.3, -0.25) is 0 Å². The van der Waals surface area contributed by atoms with E-state index in [4.69, 9.17) is 22.1 Å². The molecule has 11 nitrogen and oxygen atoms in total. The molecule has 2 aromatic heterocycles. The summed E-state index contributed by atoms with van der Waals surface area (Å²) in [6.07, 6.45) is 2.03. The summed E-state index contributed by atoms with van der Waals surface area (Å²) >= 11 is 5.59. The average Bonchev–Trinajstić information content (AvgIpc) is 3.35. The second kappa shape index (κ2) is 8.73. The van der Waals surface area contributed by atoms with Gasteiger partial charge in [0.1, 0.15) is 0 Å². The number of carboxylic acids is 1. The zero-order valence-electron chi connectivity index (χ0n) is 15.5. The summed E-state index contributed by atoms with van der Waals surface area (Å²) in [7, 11) is 1.13. The number of carbonyl (C=O) groups is 2. The topological polar surface area (TPSA) is 163 Å². The molecule has 0 spiro atoms. The van der Waals surface area contributed by atoms with Crippen LogP contribution in [0.3, 0.4) is 0 Å². The van der Waals surface area contributed by atoms with Crippen molar-refractivity contribution in [3.8, 4) is 11.9 Å². The van der Waals surface area contributed by atoms with Gasteiger partial charge in [0.25, 0.3) is 5.88 Å². The minimum absolute atomic E-state index is 0.192. The predicted octanol–water partition coefficient (Wildman–Crippen LogP) is 1.60. The van der Waals surface area contributed by atoms with Gasteiger partial charge < -0.3 is 14.9 Å². The molecule has 30 heavy (non-hydrogen) atoms. The molecule has 0 unspecified atom stereocenters. The smallest absolute Gasteiger partial charge is 0.356 e. The Hall–Kier alpha value is -3.75. The molecule has 3 N–H and O–H groups in total. The van der Waals surface area contributed by atoms with E-state index >= 15 is 0 Å². The molecule has 0 saturated heterocycles. The standard InChI is InChI=1S/C10H9ClN2.C8H6N4O5/c11-13-10-4-2-8-5-7(6-12)1-3-9(8)10;1-17-8(16)4-2-3(7(14)15)9-5-6(13)10-11-12(4)5/h1,3,5,10,13H,2,4H2;2,13H,1H3,(H,14,15)/t10-;/m0./s1. The van der Waals surface area contributed by atoms with Crippen LogP contribution in [0, 0.1) is 11.3 Å². The molecular weight excluding hydrogens is 416 g/mol. The third-order valence-electron chi connectivity index (χ3n) is 4.45. The van der Waals surface area contributed by atoms with Crippen molar-refractivity contribution in [2.75, 3.05) is 7.11 Å². The van der Waals surface area contributed by atoms with Gasteiger partial charge in [0.15, 0.2) is 11.4 Å². The van der Waals surface area contributed by atoms with E-state index < -0.39 is 23.5 Å². The van der Waals surface area contributed by atoms with E-state index in [-0.39, 0.29) is 17.4 Å². The Morgan fingerprint density at radius 3 is 2.80 bits per heavy atom. The monoisotopic (exact) mass is 430 g/mol. The van der Waals surface area contributed by atoms with Crippen LogP contribution in [0.2, 0.25) is 0 Å². The van der Waals surface area contributed by atoms with E-state index in [0.717, 1.165) is 36.1 Å². The quantitative estimate of drug-likeness (QED) is 0.410. The fourth-order valence-electron chi connectivity index (χ4n) is 3.03. The summed E-state index contributed by atoms with van der Waals surface area (Å²) in [6, 6.07) is 9.15. The zero-order chi connectivity index (χ0) is 21.8. The number of methoxy groups -OCH3 is 1. The Balaban J connectivity index is 0.000000177. The summed E-state index contributed by atoms with van der Waals surface area (Å²) in [5.41, 5.74) is 2.36. The molecule has 0 amide bonds. The van der Waals surface area contributed by atoms with Gasteiger partial charge in [0.05, 0.1) is 18.7 Å². The molecule has 0 bridgehead atoms. The highest BCUT2D eigenvalue weighted by Crippen LogP contribution is 2.31. The lowest BCUT2D eigenvalue weighted by molar-refractivity contribution is 0.0590. The maximum absolute atomic E-state index is 11.4. The molecule has 1 atom stereocenters. The number of benzene rings is 1. The third kappa shape index (κ3) is 4.00. The third-order valence-corrected chi connectivity index (χ3v) is 4.72. The molecule has 0 aliphatic heterocycles. The first-order valence-electron chi connectivity index (χ1n) is 8.55. The van der Waals surface area contributed by atoms with Gasteiger partial charge in [-0.25, -0.2) is 19.4 Å². The molecule has 12 heteroatoms. The van der Waals surface area contributed by atoms with Crippen molar-refractivity contribution in [3.05, 3.63) is 52.3 Å². The Bertz CT molecular complexity index is 1170. The normalized spacial score (nSPS) is 14.4. The molecule has 0 fully saturated rings. The predicted molar refractivity (Wildman–Crippen MR) is 102 cm³/mol. The lowest BCUT2D eigenvalue weighted by atomic mass is 10.1. The Labute approximate surface area is 174 Å². The van der Waals surface area contributed by atoms with Crippen LogP contribution in [0.1, 0.15) is 50.1 Å². The minimum Gasteiger partial charge on any atom is -0.489 e. The number of nitrogens with one attached hydrogen (secondary N) is 1. The molecular formula is C18H15ClN6O5. The zero-order valence-corrected chi connectivity index (χ0v) is 16.3. The number of rotatable bonds is 3. The van der Waals surface area contributed by atoms with Crippen molar-refractivity contribution < 1.29 is 24.5 Å². The highest BCUT2D eigenvalue weighted by Gasteiger charge is 2.22. The second-order valence-electron chi connectivity index (χ2n) is 6.20. The molecule has 0 saturated carbocycles. The molecule has 1 aliphatic rings. The second-order valence-corrected chi connectivity index (χ2v) is 6.42. The van der Waals surface area contributed by atoms with Gasteiger partial charge in [-0.05, 0) is 47.9 Å². The van der Waals surface area contributed by atoms with Crippen LogP contribution in [0.15, 0.2) is 24.3 Å². The van der Waals surface area contributed by atoms with Crippen molar-refractivity contribution in [3.63, 3.8) is 0 Å². The number of nitriles is 1. The Kier molecular flexibility index (Phi) is 6.10. The number of hydrogen-bond donors (Lipinski definition) is 3. The molecule has 2 heterocycles. The number of carbonyl (C=O) groups excluding carboxylic acids is 1. The van der Waals surface area contributed by atoms with E-state index in [1.165, 1.54) is 11.1 Å². The maximum Gasteiger partial charge on any atom is 0.356 e. The number of aromatic hydroxyl groups is 1. The van der Waals surface area contributed by atoms with Crippen LogP contribution >= 0.6 is 11.8 Å². The lowest BCUT2D eigenvalue weighted by Crippen LogP contribution is -2.13. The molecule has 3 aromatic rings. The van der Waals surface area contributed by atoms with Crippen LogP contribution < -0.4 is 4.84 Å². The van der Waals surface area contributed by atoms with E-state index in [1.54, 1.807) is 0 Å². The average molecular weight is 431 g/mol. The molecule has 4 rings (SSSR count). The molecule has 0 radical (unpaired) electrons. The van der Waals surface area contributed by atoms with Crippen molar-refractivity contribution in [1.82, 2.24) is 24.6 Å². The fourth-order valence-corrected chi connectivity index (χ4v) is 3.25. The number of hydrogen-bond acceptors (Lipinski definition) is 9. The molecule has 154 valence electrons. The molecule has 1 aromatic carbocycles. The Morgan fingerprint density at radius 1 is 1.40 bits per heavy atom. The van der Waals surface area contributed by atoms with Crippen LogP contribution in [-0.4, -0.2) is 49.1 Å². The summed E-state index contributed by atoms with van der Waals surface area (Å²) in [5, 5.41) is 33.5. The summed E-state index contributed by atoms with van der Waals surface area (Å²) in [6.45, 7) is 0. The first-order valence-corrected chi connectivity index (χ1v) is 8.93. The first-order chi connectivity index (χ1) is 14.4. The van der Waals surface area contributed by atoms with E-state index in [2.05, 4.69) is 30.9 Å². The van der Waals surface area contributed by atoms with Gasteiger partial charge in [-0.1, -0.05) is 16.4 Å². The van der Waals surface area contributed by atoms with Crippen LogP contribution in [0.25, 0.3) is 5.65 Å². The van der Waals surface area contributed by atoms with Crippen LogP contribution in [0.4, 0.5) is 0 Å². The number of aromatic carboxylic acids is 1.